The van der Waals surface area contributed by atoms with Gasteiger partial charge in [-0.15, -0.1) is 0 Å². The van der Waals surface area contributed by atoms with Crippen LogP contribution in [-0.4, -0.2) is 78.5 Å². The number of piperazine rings is 1. The number of hydrogen-bond donors (Lipinski definition) is 0. The van der Waals surface area contributed by atoms with Crippen LogP contribution >= 0.6 is 0 Å². The molecule has 2 fully saturated rings. The van der Waals surface area contributed by atoms with Gasteiger partial charge in [0.05, 0.1) is 12.5 Å². The second-order valence-electron chi connectivity index (χ2n) is 8.13. The Labute approximate surface area is 182 Å². The van der Waals surface area contributed by atoms with Crippen molar-refractivity contribution in [2.24, 2.45) is 5.92 Å². The average Bonchev–Trinajstić information content (AvgIpc) is 2.83. The number of benzene rings is 2. The van der Waals surface area contributed by atoms with Crippen LogP contribution in [0.1, 0.15) is 30.1 Å². The van der Waals surface area contributed by atoms with E-state index in [1.54, 1.807) is 11.8 Å². The fourth-order valence-electron chi connectivity index (χ4n) is 4.53. The van der Waals surface area contributed by atoms with Crippen LogP contribution in [0.5, 0.6) is 0 Å². The van der Waals surface area contributed by atoms with E-state index in [0.717, 1.165) is 23.6 Å². The number of hydrogen-bond acceptors (Lipinski definition) is 4. The van der Waals surface area contributed by atoms with Gasteiger partial charge in [0, 0.05) is 44.8 Å². The Kier molecular flexibility index (Phi) is 6.39. The lowest BCUT2D eigenvalue weighted by Crippen LogP contribution is -2.54. The van der Waals surface area contributed by atoms with Crippen LogP contribution in [0.15, 0.2) is 42.5 Å². The van der Waals surface area contributed by atoms with Crippen molar-refractivity contribution < 1.29 is 19.1 Å². The number of amides is 3. The van der Waals surface area contributed by atoms with Crippen LogP contribution in [-0.2, 0) is 9.53 Å². The Bertz CT molecular complexity index is 963. The van der Waals surface area contributed by atoms with Crippen LogP contribution in [0, 0.1) is 5.92 Å². The van der Waals surface area contributed by atoms with Gasteiger partial charge < -0.3 is 19.4 Å². The monoisotopic (exact) mass is 423 g/mol. The van der Waals surface area contributed by atoms with Gasteiger partial charge in [-0.25, -0.2) is 4.79 Å². The summed E-state index contributed by atoms with van der Waals surface area (Å²) in [5.41, 5.74) is 0.689. The molecule has 1 atom stereocenters. The van der Waals surface area contributed by atoms with E-state index < -0.39 is 0 Å². The standard InChI is InChI=1S/C24H29N3O4/c1-2-31-24(30)26-15-13-25(14-16-26)22(28)19-9-6-12-27(17-19)23(29)21-11-5-8-18-7-3-4-10-20(18)21/h3-5,7-8,10-11,19H,2,6,9,12-17H2,1H3. The lowest BCUT2D eigenvalue weighted by molar-refractivity contribution is -0.138. The molecule has 0 saturated carbocycles. The third-order valence-electron chi connectivity index (χ3n) is 6.20. The molecule has 31 heavy (non-hydrogen) atoms. The largest absolute Gasteiger partial charge is 0.450 e. The van der Waals surface area contributed by atoms with E-state index in [1.165, 1.54) is 0 Å². The molecule has 4 rings (SSSR count). The van der Waals surface area contributed by atoms with Crippen molar-refractivity contribution in [2.45, 2.75) is 19.8 Å². The third-order valence-corrected chi connectivity index (χ3v) is 6.20. The van der Waals surface area contributed by atoms with E-state index >= 15 is 0 Å². The summed E-state index contributed by atoms with van der Waals surface area (Å²) in [4.78, 5) is 43.6. The molecule has 2 aromatic rings. The molecule has 2 saturated heterocycles. The summed E-state index contributed by atoms with van der Waals surface area (Å²) in [6.45, 7) is 5.22. The highest BCUT2D eigenvalue weighted by molar-refractivity contribution is 6.07. The minimum absolute atomic E-state index is 0.0126. The molecule has 0 spiro atoms. The molecule has 7 heteroatoms. The molecule has 0 aromatic heterocycles. The van der Waals surface area contributed by atoms with E-state index in [-0.39, 0.29) is 23.8 Å². The van der Waals surface area contributed by atoms with Crippen molar-refractivity contribution in [2.75, 3.05) is 45.9 Å². The Hall–Kier alpha value is -3.09. The quantitative estimate of drug-likeness (QED) is 0.761. The number of rotatable bonds is 3. The van der Waals surface area contributed by atoms with Gasteiger partial charge in [-0.05, 0) is 36.6 Å². The summed E-state index contributed by atoms with van der Waals surface area (Å²) in [5, 5.41) is 1.98. The summed E-state index contributed by atoms with van der Waals surface area (Å²) in [6, 6.07) is 13.7. The number of carbonyl (C=O) groups is 3. The third kappa shape index (κ3) is 4.50. The first-order valence-corrected chi connectivity index (χ1v) is 11.1. The molecule has 2 aromatic carbocycles. The fraction of sp³-hybridized carbons (Fsp3) is 0.458. The zero-order valence-electron chi connectivity index (χ0n) is 18.0. The summed E-state index contributed by atoms with van der Waals surface area (Å²) in [5.74, 6) is -0.123. The van der Waals surface area contributed by atoms with Gasteiger partial charge in [0.25, 0.3) is 5.91 Å². The molecule has 2 heterocycles. The second-order valence-corrected chi connectivity index (χ2v) is 8.13. The Morgan fingerprint density at radius 1 is 0.903 bits per heavy atom. The minimum Gasteiger partial charge on any atom is -0.450 e. The topological polar surface area (TPSA) is 70.2 Å². The highest BCUT2D eigenvalue weighted by Crippen LogP contribution is 2.25. The van der Waals surface area contributed by atoms with Crippen LogP contribution in [0.4, 0.5) is 4.79 Å². The van der Waals surface area contributed by atoms with Crippen molar-refractivity contribution in [3.8, 4) is 0 Å². The summed E-state index contributed by atoms with van der Waals surface area (Å²) >= 11 is 0. The van der Waals surface area contributed by atoms with Gasteiger partial charge in [0.2, 0.25) is 5.91 Å². The fourth-order valence-corrected chi connectivity index (χ4v) is 4.53. The molecule has 0 aliphatic carbocycles. The Morgan fingerprint density at radius 3 is 2.39 bits per heavy atom. The molecule has 0 N–H and O–H groups in total. The Morgan fingerprint density at radius 2 is 1.61 bits per heavy atom. The van der Waals surface area contributed by atoms with Gasteiger partial charge >= 0.3 is 6.09 Å². The molecule has 0 radical (unpaired) electrons. The molecule has 3 amide bonds. The van der Waals surface area contributed by atoms with E-state index in [9.17, 15) is 14.4 Å². The first-order chi connectivity index (χ1) is 15.1. The molecule has 2 aliphatic heterocycles. The maximum Gasteiger partial charge on any atom is 0.409 e. The van der Waals surface area contributed by atoms with E-state index in [0.29, 0.717) is 51.4 Å². The van der Waals surface area contributed by atoms with Crippen molar-refractivity contribution >= 4 is 28.7 Å². The smallest absolute Gasteiger partial charge is 0.409 e. The van der Waals surface area contributed by atoms with Crippen LogP contribution < -0.4 is 0 Å². The van der Waals surface area contributed by atoms with Gasteiger partial charge in [-0.2, -0.15) is 0 Å². The average molecular weight is 424 g/mol. The zero-order chi connectivity index (χ0) is 21.8. The first kappa shape index (κ1) is 21.2. The number of piperidine rings is 1. The summed E-state index contributed by atoms with van der Waals surface area (Å²) in [7, 11) is 0. The number of nitrogens with zero attached hydrogens (tertiary/aromatic N) is 3. The van der Waals surface area contributed by atoms with Crippen LogP contribution in [0.2, 0.25) is 0 Å². The lowest BCUT2D eigenvalue weighted by Gasteiger charge is -2.38. The van der Waals surface area contributed by atoms with Gasteiger partial charge in [0.15, 0.2) is 0 Å². The van der Waals surface area contributed by atoms with Crippen LogP contribution in [0.3, 0.4) is 0 Å². The summed E-state index contributed by atoms with van der Waals surface area (Å²) < 4.78 is 5.05. The molecular formula is C24H29N3O4. The summed E-state index contributed by atoms with van der Waals surface area (Å²) in [6.07, 6.45) is 1.28. The number of carbonyl (C=O) groups excluding carboxylic acids is 3. The maximum atomic E-state index is 13.3. The maximum absolute atomic E-state index is 13.3. The van der Waals surface area contributed by atoms with Gasteiger partial charge in [-0.3, -0.25) is 9.59 Å². The second kappa shape index (κ2) is 9.37. The van der Waals surface area contributed by atoms with Crippen molar-refractivity contribution in [3.05, 3.63) is 48.0 Å². The van der Waals surface area contributed by atoms with E-state index in [4.69, 9.17) is 4.74 Å². The lowest BCUT2D eigenvalue weighted by atomic mass is 9.95. The molecule has 1 unspecified atom stereocenters. The first-order valence-electron chi connectivity index (χ1n) is 11.1. The highest BCUT2D eigenvalue weighted by atomic mass is 16.6. The van der Waals surface area contributed by atoms with E-state index in [1.807, 2.05) is 52.3 Å². The molecule has 2 aliphatic rings. The molecule has 0 bridgehead atoms. The van der Waals surface area contributed by atoms with Crippen LogP contribution in [0.25, 0.3) is 10.8 Å². The molecular weight excluding hydrogens is 394 g/mol. The number of fused-ring (bicyclic) bond motifs is 1. The van der Waals surface area contributed by atoms with Gasteiger partial charge in [-0.1, -0.05) is 36.4 Å². The number of likely N-dealkylation sites (tertiary alicyclic amines) is 1. The minimum atomic E-state index is -0.320. The normalized spacial score (nSPS) is 19.4. The van der Waals surface area contributed by atoms with Crippen molar-refractivity contribution in [1.82, 2.24) is 14.7 Å². The van der Waals surface area contributed by atoms with Crippen molar-refractivity contribution in [1.29, 1.82) is 0 Å². The van der Waals surface area contributed by atoms with Gasteiger partial charge in [0.1, 0.15) is 0 Å². The SMILES string of the molecule is CCOC(=O)N1CCN(C(=O)C2CCCN(C(=O)c3cccc4ccccc34)C2)CC1. The molecule has 7 nitrogen and oxygen atoms in total. The number of ether oxygens (including phenoxy) is 1. The predicted molar refractivity (Wildman–Crippen MR) is 118 cm³/mol. The Balaban J connectivity index is 1.40. The predicted octanol–water partition coefficient (Wildman–Crippen LogP) is 2.99. The van der Waals surface area contributed by atoms with E-state index in [2.05, 4.69) is 0 Å². The highest BCUT2D eigenvalue weighted by Gasteiger charge is 2.34. The van der Waals surface area contributed by atoms with Crippen molar-refractivity contribution in [3.63, 3.8) is 0 Å². The zero-order valence-corrected chi connectivity index (χ0v) is 18.0. The molecule has 164 valence electrons.